The molecule has 3 aromatic rings. The number of anilines is 1. The van der Waals surface area contributed by atoms with Gasteiger partial charge < -0.3 is 10.3 Å². The smallest absolute Gasteiger partial charge is 0.270 e. The summed E-state index contributed by atoms with van der Waals surface area (Å²) in [7, 11) is 0. The van der Waals surface area contributed by atoms with Gasteiger partial charge in [0.05, 0.1) is 5.69 Å². The lowest BCUT2D eigenvalue weighted by Gasteiger charge is -2.29. The summed E-state index contributed by atoms with van der Waals surface area (Å²) in [4.78, 5) is 38.4. The van der Waals surface area contributed by atoms with Gasteiger partial charge in [-0.15, -0.1) is 0 Å². The van der Waals surface area contributed by atoms with Crippen LogP contribution < -0.4 is 16.0 Å². The third-order valence-corrected chi connectivity index (χ3v) is 5.37. The molecule has 1 aliphatic rings. The Morgan fingerprint density at radius 3 is 2.48 bits per heavy atom. The molecule has 0 aliphatic carbocycles. The summed E-state index contributed by atoms with van der Waals surface area (Å²) in [5, 5.41) is 3.82. The quantitative estimate of drug-likeness (QED) is 0.345. The molecule has 31 heavy (non-hydrogen) atoms. The average molecular weight is 473 g/mol. The lowest BCUT2D eigenvalue weighted by molar-refractivity contribution is -0.122. The van der Waals surface area contributed by atoms with Crippen molar-refractivity contribution in [1.29, 1.82) is 0 Å². The highest BCUT2D eigenvalue weighted by Gasteiger charge is 2.35. The van der Waals surface area contributed by atoms with E-state index in [-0.39, 0.29) is 17.2 Å². The fraction of sp³-hybridized carbons (Fsp3) is 0.0476. The summed E-state index contributed by atoms with van der Waals surface area (Å²) in [6, 6.07) is 11.8. The SMILES string of the molecule is NC(=O)Cn1cc(/C=C2\C(=O)NC(=S)N(c3cc(Cl)cc(Cl)c3)C2=O)c2ccccc21. The normalized spacial score (nSPS) is 15.6. The van der Waals surface area contributed by atoms with Gasteiger partial charge in [0.1, 0.15) is 12.1 Å². The van der Waals surface area contributed by atoms with Crippen molar-refractivity contribution in [2.75, 3.05) is 4.90 Å². The van der Waals surface area contributed by atoms with Gasteiger partial charge in [-0.2, -0.15) is 0 Å². The maximum absolute atomic E-state index is 13.2. The van der Waals surface area contributed by atoms with Gasteiger partial charge in [-0.05, 0) is 42.6 Å². The van der Waals surface area contributed by atoms with Crippen LogP contribution in [0.25, 0.3) is 17.0 Å². The van der Waals surface area contributed by atoms with Crippen LogP contribution in [-0.4, -0.2) is 27.4 Å². The summed E-state index contributed by atoms with van der Waals surface area (Å²) >= 11 is 17.3. The van der Waals surface area contributed by atoms with E-state index in [1.165, 1.54) is 24.3 Å². The van der Waals surface area contributed by atoms with E-state index in [2.05, 4.69) is 5.32 Å². The zero-order chi connectivity index (χ0) is 22.3. The number of nitrogens with two attached hydrogens (primary N) is 1. The first-order valence-corrected chi connectivity index (χ1v) is 10.1. The van der Waals surface area contributed by atoms with E-state index < -0.39 is 17.7 Å². The Morgan fingerprint density at radius 2 is 1.81 bits per heavy atom. The predicted molar refractivity (Wildman–Crippen MR) is 124 cm³/mol. The molecule has 0 radical (unpaired) electrons. The molecule has 1 aliphatic heterocycles. The van der Waals surface area contributed by atoms with E-state index in [0.717, 1.165) is 15.8 Å². The van der Waals surface area contributed by atoms with Crippen molar-refractivity contribution in [1.82, 2.24) is 9.88 Å². The molecule has 3 amide bonds. The number of fused-ring (bicyclic) bond motifs is 1. The zero-order valence-corrected chi connectivity index (χ0v) is 18.1. The monoisotopic (exact) mass is 472 g/mol. The van der Waals surface area contributed by atoms with Crippen molar-refractivity contribution in [3.8, 4) is 0 Å². The molecule has 7 nitrogen and oxygen atoms in total. The number of hydrogen-bond acceptors (Lipinski definition) is 4. The summed E-state index contributed by atoms with van der Waals surface area (Å²) in [6.07, 6.45) is 3.12. The number of primary amides is 1. The number of para-hydroxylation sites is 1. The fourth-order valence-corrected chi connectivity index (χ4v) is 4.20. The molecule has 1 saturated heterocycles. The van der Waals surface area contributed by atoms with E-state index in [4.69, 9.17) is 41.2 Å². The first-order chi connectivity index (χ1) is 14.7. The van der Waals surface area contributed by atoms with Crippen LogP contribution in [0, 0.1) is 0 Å². The van der Waals surface area contributed by atoms with E-state index in [1.807, 2.05) is 24.3 Å². The maximum Gasteiger partial charge on any atom is 0.270 e. The molecule has 0 unspecified atom stereocenters. The second-order valence-electron chi connectivity index (χ2n) is 6.78. The number of carbonyl (C=O) groups is 3. The lowest BCUT2D eigenvalue weighted by atomic mass is 10.1. The third kappa shape index (κ3) is 4.05. The van der Waals surface area contributed by atoms with Crippen LogP contribution in [0.4, 0.5) is 5.69 Å². The Bertz CT molecular complexity index is 1290. The van der Waals surface area contributed by atoms with Gasteiger partial charge in [-0.25, -0.2) is 0 Å². The molecular formula is C21H14Cl2N4O3S. The number of benzene rings is 2. The number of hydrogen-bond donors (Lipinski definition) is 2. The van der Waals surface area contributed by atoms with Crippen molar-refractivity contribution in [2.24, 2.45) is 5.73 Å². The topological polar surface area (TPSA) is 97.4 Å². The van der Waals surface area contributed by atoms with Crippen molar-refractivity contribution in [3.05, 3.63) is 69.8 Å². The van der Waals surface area contributed by atoms with Crippen LogP contribution in [0.15, 0.2) is 54.2 Å². The van der Waals surface area contributed by atoms with E-state index in [0.29, 0.717) is 21.3 Å². The highest BCUT2D eigenvalue weighted by molar-refractivity contribution is 7.80. The first-order valence-electron chi connectivity index (χ1n) is 8.98. The molecule has 2 heterocycles. The molecule has 1 aromatic heterocycles. The van der Waals surface area contributed by atoms with Crippen molar-refractivity contribution in [2.45, 2.75) is 6.54 Å². The van der Waals surface area contributed by atoms with Gasteiger partial charge >= 0.3 is 0 Å². The molecule has 2 aromatic carbocycles. The number of amides is 3. The van der Waals surface area contributed by atoms with Gasteiger partial charge in [0.2, 0.25) is 5.91 Å². The summed E-state index contributed by atoms with van der Waals surface area (Å²) < 4.78 is 1.66. The third-order valence-electron chi connectivity index (χ3n) is 4.65. The van der Waals surface area contributed by atoms with Gasteiger partial charge in [0, 0.05) is 32.7 Å². The van der Waals surface area contributed by atoms with Gasteiger partial charge in [0.15, 0.2) is 5.11 Å². The minimum absolute atomic E-state index is 0.0406. The van der Waals surface area contributed by atoms with Crippen LogP contribution in [0.1, 0.15) is 5.56 Å². The van der Waals surface area contributed by atoms with Crippen LogP contribution in [0.3, 0.4) is 0 Å². The maximum atomic E-state index is 13.2. The van der Waals surface area contributed by atoms with Crippen LogP contribution in [-0.2, 0) is 20.9 Å². The number of thiocarbonyl (C=S) groups is 1. The number of halogens is 2. The average Bonchev–Trinajstić information content (AvgIpc) is 3.01. The van der Waals surface area contributed by atoms with Crippen LogP contribution in [0.5, 0.6) is 0 Å². The van der Waals surface area contributed by atoms with E-state index in [9.17, 15) is 14.4 Å². The minimum atomic E-state index is -0.633. The minimum Gasteiger partial charge on any atom is -0.368 e. The Balaban J connectivity index is 1.82. The summed E-state index contributed by atoms with van der Waals surface area (Å²) in [5.74, 6) is -1.77. The second kappa shape index (κ2) is 8.14. The molecule has 0 bridgehead atoms. The summed E-state index contributed by atoms with van der Waals surface area (Å²) in [6.45, 7) is -0.0406. The molecule has 1 fully saturated rings. The Labute approximate surface area is 192 Å². The Kier molecular flexibility index (Phi) is 5.53. The number of rotatable bonds is 4. The zero-order valence-electron chi connectivity index (χ0n) is 15.8. The largest absolute Gasteiger partial charge is 0.368 e. The Morgan fingerprint density at radius 1 is 1.13 bits per heavy atom. The van der Waals surface area contributed by atoms with Gasteiger partial charge in [-0.3, -0.25) is 24.6 Å². The molecule has 3 N–H and O–H groups in total. The first kappa shape index (κ1) is 21.0. The second-order valence-corrected chi connectivity index (χ2v) is 8.04. The number of carbonyl (C=O) groups excluding carboxylic acids is 3. The van der Waals surface area contributed by atoms with E-state index >= 15 is 0 Å². The number of nitrogens with one attached hydrogen (secondary N) is 1. The van der Waals surface area contributed by atoms with Gasteiger partial charge in [-0.1, -0.05) is 41.4 Å². The lowest BCUT2D eigenvalue weighted by Crippen LogP contribution is -2.54. The van der Waals surface area contributed by atoms with Gasteiger partial charge in [0.25, 0.3) is 11.8 Å². The number of nitrogens with zero attached hydrogens (tertiary/aromatic N) is 2. The van der Waals surface area contributed by atoms with Crippen LogP contribution >= 0.6 is 35.4 Å². The summed E-state index contributed by atoms with van der Waals surface area (Å²) in [5.41, 5.74) is 6.85. The van der Waals surface area contributed by atoms with Crippen molar-refractivity contribution in [3.63, 3.8) is 0 Å². The molecule has 0 spiro atoms. The van der Waals surface area contributed by atoms with Crippen LogP contribution in [0.2, 0.25) is 10.0 Å². The highest BCUT2D eigenvalue weighted by atomic mass is 35.5. The molecule has 4 rings (SSSR count). The van der Waals surface area contributed by atoms with E-state index in [1.54, 1.807) is 10.8 Å². The highest BCUT2D eigenvalue weighted by Crippen LogP contribution is 2.30. The van der Waals surface area contributed by atoms with Crippen molar-refractivity contribution < 1.29 is 14.4 Å². The molecule has 156 valence electrons. The molecule has 10 heteroatoms. The predicted octanol–water partition coefficient (Wildman–Crippen LogP) is 3.26. The molecular weight excluding hydrogens is 459 g/mol. The van der Waals surface area contributed by atoms with Crippen molar-refractivity contribution >= 4 is 80.9 Å². The molecule has 0 atom stereocenters. The fourth-order valence-electron chi connectivity index (χ4n) is 3.40. The Hall–Kier alpha value is -3.20. The number of aromatic nitrogens is 1. The molecule has 0 saturated carbocycles. The standard InChI is InChI=1S/C21H14Cl2N4O3S/c22-12-6-13(23)8-14(7-12)27-20(30)16(19(29)25-21(27)31)5-11-9-26(10-18(24)28)17-4-2-1-3-15(11)17/h1-9H,10H2,(H2,24,28)(H,25,29,31)/b16-5+.